The first-order chi connectivity index (χ1) is 6.19. The smallest absolute Gasteiger partial charge is 0.243 e. The normalized spacial score (nSPS) is 23.5. The van der Waals surface area contributed by atoms with Gasteiger partial charge in [0.15, 0.2) is 0 Å². The van der Waals surface area contributed by atoms with E-state index in [0.717, 1.165) is 13.1 Å². The summed E-state index contributed by atoms with van der Waals surface area (Å²) in [5.74, 6) is -0.284. The molecule has 1 unspecified atom stereocenters. The molecule has 0 aromatic heterocycles. The van der Waals surface area contributed by atoms with Gasteiger partial charge in [0.2, 0.25) is 11.8 Å². The number of carbonyl (C=O) groups is 2. The Kier molecular flexibility index (Phi) is 3.42. The van der Waals surface area contributed by atoms with Crippen LogP contribution in [0.25, 0.3) is 0 Å². The molecule has 1 saturated heterocycles. The molecule has 0 bridgehead atoms. The van der Waals surface area contributed by atoms with E-state index in [4.69, 9.17) is 0 Å². The maximum absolute atomic E-state index is 11.4. The molecule has 1 aliphatic rings. The fourth-order valence-corrected chi connectivity index (χ4v) is 1.69. The first-order valence-electron chi connectivity index (χ1n) is 4.76. The van der Waals surface area contributed by atoms with E-state index in [1.807, 2.05) is 13.8 Å². The fourth-order valence-electron chi connectivity index (χ4n) is 1.69. The molecular weight excluding hydrogens is 168 g/mol. The van der Waals surface area contributed by atoms with Gasteiger partial charge in [-0.2, -0.15) is 0 Å². The number of nitrogens with one attached hydrogen (secondary N) is 1. The predicted octanol–water partition coefficient (Wildman–Crippen LogP) is 0.133. The average molecular weight is 184 g/mol. The van der Waals surface area contributed by atoms with Gasteiger partial charge in [-0.1, -0.05) is 13.8 Å². The molecule has 0 saturated carbocycles. The maximum atomic E-state index is 11.4. The van der Waals surface area contributed by atoms with Gasteiger partial charge in [0.1, 0.15) is 0 Å². The number of rotatable bonds is 3. The molecule has 1 heterocycles. The minimum atomic E-state index is -0.145. The number of carbonyl (C=O) groups excluding carboxylic acids is 2. The van der Waals surface area contributed by atoms with Crippen LogP contribution in [0.15, 0.2) is 0 Å². The zero-order valence-corrected chi connectivity index (χ0v) is 8.17. The second-order valence-electron chi connectivity index (χ2n) is 3.19. The zero-order valence-electron chi connectivity index (χ0n) is 8.17. The summed E-state index contributed by atoms with van der Waals surface area (Å²) < 4.78 is 0. The number of amides is 2. The fraction of sp³-hybridized carbons (Fsp3) is 0.778. The maximum Gasteiger partial charge on any atom is 0.243 e. The lowest BCUT2D eigenvalue weighted by Gasteiger charge is -2.30. The van der Waals surface area contributed by atoms with Gasteiger partial charge >= 0.3 is 0 Å². The third kappa shape index (κ3) is 2.28. The highest BCUT2D eigenvalue weighted by molar-refractivity contribution is 6.00. The quantitative estimate of drug-likeness (QED) is 0.634. The van der Waals surface area contributed by atoms with Crippen LogP contribution < -0.4 is 5.32 Å². The average Bonchev–Trinajstić information content (AvgIpc) is 2.10. The zero-order chi connectivity index (χ0) is 9.84. The first-order valence-corrected chi connectivity index (χ1v) is 4.76. The lowest BCUT2D eigenvalue weighted by molar-refractivity contribution is -0.137. The summed E-state index contributed by atoms with van der Waals surface area (Å²) in [7, 11) is 0. The summed E-state index contributed by atoms with van der Waals surface area (Å²) >= 11 is 0. The van der Waals surface area contributed by atoms with Crippen molar-refractivity contribution in [1.29, 1.82) is 0 Å². The highest BCUT2D eigenvalue weighted by atomic mass is 16.2. The Bertz CT molecular complexity index is 212. The van der Waals surface area contributed by atoms with Crippen molar-refractivity contribution in [2.75, 3.05) is 13.1 Å². The van der Waals surface area contributed by atoms with Crippen molar-refractivity contribution in [1.82, 2.24) is 10.2 Å². The van der Waals surface area contributed by atoms with Crippen molar-refractivity contribution >= 4 is 11.8 Å². The second kappa shape index (κ2) is 4.37. The summed E-state index contributed by atoms with van der Waals surface area (Å²) in [6.07, 6.45) is 1.12. The van der Waals surface area contributed by atoms with E-state index in [2.05, 4.69) is 10.2 Å². The van der Waals surface area contributed by atoms with E-state index in [9.17, 15) is 9.59 Å². The van der Waals surface area contributed by atoms with Crippen LogP contribution in [0, 0.1) is 0 Å². The van der Waals surface area contributed by atoms with Crippen LogP contribution in [0.3, 0.4) is 0 Å². The number of hydrogen-bond donors (Lipinski definition) is 1. The van der Waals surface area contributed by atoms with Crippen molar-refractivity contribution < 1.29 is 9.59 Å². The Labute approximate surface area is 78.3 Å². The van der Waals surface area contributed by atoms with Gasteiger partial charge in [-0.3, -0.25) is 19.8 Å². The lowest BCUT2D eigenvalue weighted by atomic mass is 10.0. The molecule has 4 heteroatoms. The van der Waals surface area contributed by atoms with Gasteiger partial charge in [0.05, 0.1) is 6.04 Å². The largest absolute Gasteiger partial charge is 0.295 e. The standard InChI is InChI=1S/C9H16N2O2/c1-3-11(4-2)7-5-6-8(12)10-9(7)13/h7H,3-6H2,1-2H3,(H,10,12,13). The van der Waals surface area contributed by atoms with Crippen molar-refractivity contribution in [3.05, 3.63) is 0 Å². The molecule has 4 nitrogen and oxygen atoms in total. The topological polar surface area (TPSA) is 49.4 Å². The van der Waals surface area contributed by atoms with Gasteiger partial charge in [-0.15, -0.1) is 0 Å². The van der Waals surface area contributed by atoms with Crippen molar-refractivity contribution in [3.8, 4) is 0 Å². The van der Waals surface area contributed by atoms with Gasteiger partial charge in [0, 0.05) is 6.42 Å². The van der Waals surface area contributed by atoms with Crippen LogP contribution >= 0.6 is 0 Å². The molecule has 1 fully saturated rings. The van der Waals surface area contributed by atoms with E-state index in [1.165, 1.54) is 0 Å². The molecule has 1 N–H and O–H groups in total. The number of nitrogens with zero attached hydrogens (tertiary/aromatic N) is 1. The minimum Gasteiger partial charge on any atom is -0.295 e. The molecular formula is C9H16N2O2. The number of hydrogen-bond acceptors (Lipinski definition) is 3. The van der Waals surface area contributed by atoms with Gasteiger partial charge in [0.25, 0.3) is 0 Å². The summed E-state index contributed by atoms with van der Waals surface area (Å²) in [6, 6.07) is -0.104. The molecule has 2 amide bonds. The Balaban J connectivity index is 2.59. The van der Waals surface area contributed by atoms with Gasteiger partial charge in [-0.25, -0.2) is 0 Å². The molecule has 0 aromatic rings. The molecule has 0 radical (unpaired) electrons. The number of imide groups is 1. The summed E-state index contributed by atoms with van der Waals surface area (Å²) in [5, 5.41) is 2.36. The third-order valence-electron chi connectivity index (χ3n) is 2.46. The van der Waals surface area contributed by atoms with Crippen LogP contribution in [-0.2, 0) is 9.59 Å². The molecule has 1 aliphatic heterocycles. The van der Waals surface area contributed by atoms with E-state index in [0.29, 0.717) is 12.8 Å². The highest BCUT2D eigenvalue weighted by Crippen LogP contribution is 2.11. The van der Waals surface area contributed by atoms with E-state index >= 15 is 0 Å². The molecule has 0 spiro atoms. The van der Waals surface area contributed by atoms with Crippen LogP contribution in [0.4, 0.5) is 0 Å². The predicted molar refractivity (Wildman–Crippen MR) is 49.1 cm³/mol. The summed E-state index contributed by atoms with van der Waals surface area (Å²) in [5.41, 5.74) is 0. The monoisotopic (exact) mass is 184 g/mol. The minimum absolute atomic E-state index is 0.104. The van der Waals surface area contributed by atoms with Crippen molar-refractivity contribution in [3.63, 3.8) is 0 Å². The van der Waals surface area contributed by atoms with Crippen LogP contribution in [0.5, 0.6) is 0 Å². The Morgan fingerprint density at radius 1 is 1.38 bits per heavy atom. The van der Waals surface area contributed by atoms with E-state index < -0.39 is 0 Å². The Morgan fingerprint density at radius 3 is 2.46 bits per heavy atom. The molecule has 1 atom stereocenters. The van der Waals surface area contributed by atoms with Crippen LogP contribution in [0.1, 0.15) is 26.7 Å². The van der Waals surface area contributed by atoms with Gasteiger partial charge in [-0.05, 0) is 19.5 Å². The summed E-state index contributed by atoms with van der Waals surface area (Å²) in [6.45, 7) is 5.74. The Morgan fingerprint density at radius 2 is 2.00 bits per heavy atom. The Hall–Kier alpha value is -0.900. The molecule has 0 aliphatic carbocycles. The number of likely N-dealkylation sites (N-methyl/N-ethyl adjacent to an activating group) is 1. The molecule has 13 heavy (non-hydrogen) atoms. The molecule has 1 rings (SSSR count). The summed E-state index contributed by atoms with van der Waals surface area (Å²) in [4.78, 5) is 24.3. The SMILES string of the molecule is CCN(CC)C1CCC(=O)NC1=O. The van der Waals surface area contributed by atoms with Gasteiger partial charge < -0.3 is 0 Å². The van der Waals surface area contributed by atoms with E-state index in [1.54, 1.807) is 0 Å². The van der Waals surface area contributed by atoms with Crippen molar-refractivity contribution in [2.24, 2.45) is 0 Å². The molecule has 0 aromatic carbocycles. The first kappa shape index (κ1) is 10.2. The third-order valence-corrected chi connectivity index (χ3v) is 2.46. The van der Waals surface area contributed by atoms with E-state index in [-0.39, 0.29) is 17.9 Å². The highest BCUT2D eigenvalue weighted by Gasteiger charge is 2.29. The lowest BCUT2D eigenvalue weighted by Crippen LogP contribution is -2.52. The number of piperidine rings is 1. The van der Waals surface area contributed by atoms with Crippen molar-refractivity contribution in [2.45, 2.75) is 32.7 Å². The molecule has 74 valence electrons. The van der Waals surface area contributed by atoms with Crippen LogP contribution in [-0.4, -0.2) is 35.8 Å². The second-order valence-corrected chi connectivity index (χ2v) is 3.19. The van der Waals surface area contributed by atoms with Crippen LogP contribution in [0.2, 0.25) is 0 Å².